The van der Waals surface area contributed by atoms with Crippen molar-refractivity contribution in [1.29, 1.82) is 0 Å². The van der Waals surface area contributed by atoms with Crippen LogP contribution in [0.5, 0.6) is 0 Å². The Kier molecular flexibility index (Phi) is 7.49. The first kappa shape index (κ1) is 21.5. The van der Waals surface area contributed by atoms with E-state index in [1.807, 2.05) is 19.1 Å². The second-order valence-corrected chi connectivity index (χ2v) is 6.98. The lowest BCUT2D eigenvalue weighted by molar-refractivity contribution is -0.183. The molecular formula is C19H29F3N4O. The van der Waals surface area contributed by atoms with Crippen LogP contribution in [0.15, 0.2) is 24.3 Å². The number of alkyl halides is 3. The third-order valence-corrected chi connectivity index (χ3v) is 4.85. The summed E-state index contributed by atoms with van der Waals surface area (Å²) in [7, 11) is 0. The molecule has 1 aromatic rings. The van der Waals surface area contributed by atoms with Crippen LogP contribution in [0.2, 0.25) is 0 Å². The van der Waals surface area contributed by atoms with E-state index in [-0.39, 0.29) is 0 Å². The van der Waals surface area contributed by atoms with E-state index in [1.165, 1.54) is 4.90 Å². The van der Waals surface area contributed by atoms with Crippen LogP contribution < -0.4 is 15.5 Å². The van der Waals surface area contributed by atoms with Crippen molar-refractivity contribution >= 4 is 11.6 Å². The van der Waals surface area contributed by atoms with Gasteiger partial charge in [-0.05, 0) is 45.0 Å². The molecule has 0 radical (unpaired) electrons. The second kappa shape index (κ2) is 9.41. The van der Waals surface area contributed by atoms with E-state index in [0.717, 1.165) is 12.2 Å². The van der Waals surface area contributed by atoms with E-state index >= 15 is 0 Å². The molecule has 0 aliphatic carbocycles. The number of rotatable bonds is 7. The fourth-order valence-corrected chi connectivity index (χ4v) is 3.39. The molecule has 2 rings (SSSR count). The van der Waals surface area contributed by atoms with Gasteiger partial charge in [-0.25, -0.2) is 0 Å². The third-order valence-electron chi connectivity index (χ3n) is 4.85. The molecular weight excluding hydrogens is 357 g/mol. The number of hydrogen-bond donors (Lipinski definition) is 2. The lowest BCUT2D eigenvalue weighted by Crippen LogP contribution is -2.57. The number of piperazine rings is 1. The number of nitrogens with zero attached hydrogens (tertiary/aromatic N) is 2. The minimum absolute atomic E-state index is 0.316. The van der Waals surface area contributed by atoms with Gasteiger partial charge in [0.05, 0.1) is 0 Å². The number of amides is 1. The third kappa shape index (κ3) is 5.84. The molecule has 0 bridgehead atoms. The zero-order valence-electron chi connectivity index (χ0n) is 16.1. The molecule has 2 N–H and O–H groups in total. The van der Waals surface area contributed by atoms with Gasteiger partial charge in [-0.1, -0.05) is 0 Å². The Bertz CT molecular complexity index is 598. The quantitative estimate of drug-likeness (QED) is 0.756. The highest BCUT2D eigenvalue weighted by Crippen LogP contribution is 2.25. The van der Waals surface area contributed by atoms with E-state index in [1.54, 1.807) is 12.1 Å². The molecule has 1 aliphatic heterocycles. The first-order valence-corrected chi connectivity index (χ1v) is 9.40. The topological polar surface area (TPSA) is 47.6 Å². The van der Waals surface area contributed by atoms with Crippen LogP contribution >= 0.6 is 0 Å². The van der Waals surface area contributed by atoms with Gasteiger partial charge in [0.25, 0.3) is 5.91 Å². The summed E-state index contributed by atoms with van der Waals surface area (Å²) < 4.78 is 40.2. The number of hydrogen-bond acceptors (Lipinski definition) is 4. The number of nitrogens with one attached hydrogen (secondary N) is 2. The molecule has 8 heteroatoms. The molecule has 0 saturated carbocycles. The van der Waals surface area contributed by atoms with Gasteiger partial charge in [-0.3, -0.25) is 9.69 Å². The number of benzene rings is 1. The van der Waals surface area contributed by atoms with Crippen molar-refractivity contribution in [2.75, 3.05) is 44.2 Å². The molecule has 1 aromatic carbocycles. The monoisotopic (exact) mass is 386 g/mol. The van der Waals surface area contributed by atoms with Crippen molar-refractivity contribution in [3.8, 4) is 0 Å². The lowest BCUT2D eigenvalue weighted by atomic mass is 10.1. The van der Waals surface area contributed by atoms with Crippen LogP contribution in [-0.2, 0) is 0 Å². The molecule has 152 valence electrons. The highest BCUT2D eigenvalue weighted by atomic mass is 19.4. The van der Waals surface area contributed by atoms with Gasteiger partial charge >= 0.3 is 6.18 Å². The Morgan fingerprint density at radius 3 is 2.30 bits per heavy atom. The van der Waals surface area contributed by atoms with Crippen LogP contribution in [-0.4, -0.2) is 68.3 Å². The molecule has 1 aliphatic rings. The summed E-state index contributed by atoms with van der Waals surface area (Å²) in [5, 5.41) is 5.49. The minimum Gasteiger partial charge on any atom is -0.369 e. The number of anilines is 1. The molecule has 0 spiro atoms. The van der Waals surface area contributed by atoms with Gasteiger partial charge in [0.1, 0.15) is 6.04 Å². The van der Waals surface area contributed by atoms with Gasteiger partial charge in [0.15, 0.2) is 0 Å². The Morgan fingerprint density at radius 1 is 1.22 bits per heavy atom. The fraction of sp³-hybridized carbons (Fsp3) is 0.632. The summed E-state index contributed by atoms with van der Waals surface area (Å²) in [6.45, 7) is 8.27. The van der Waals surface area contributed by atoms with Gasteiger partial charge in [0, 0.05) is 56.6 Å². The predicted octanol–water partition coefficient (Wildman–Crippen LogP) is 2.49. The molecule has 1 atom stereocenters. The lowest BCUT2D eigenvalue weighted by Gasteiger charge is -2.35. The molecule has 1 fully saturated rings. The van der Waals surface area contributed by atoms with Gasteiger partial charge in [-0.15, -0.1) is 0 Å². The maximum absolute atomic E-state index is 13.4. The molecule has 0 aromatic heterocycles. The number of carbonyl (C=O) groups is 1. The minimum atomic E-state index is -4.38. The molecule has 27 heavy (non-hydrogen) atoms. The molecule has 1 amide bonds. The SMILES string of the molecule is CCN(c1ccc(C(=O)NCC(N2CCNCC2)C(F)(F)F)cc1)C(C)C. The van der Waals surface area contributed by atoms with Crippen molar-refractivity contribution in [2.45, 2.75) is 39.0 Å². The van der Waals surface area contributed by atoms with Gasteiger partial charge < -0.3 is 15.5 Å². The van der Waals surface area contributed by atoms with Crippen molar-refractivity contribution in [3.63, 3.8) is 0 Å². The van der Waals surface area contributed by atoms with Crippen molar-refractivity contribution in [2.24, 2.45) is 0 Å². The summed E-state index contributed by atoms with van der Waals surface area (Å²) in [6, 6.07) is 5.62. The predicted molar refractivity (Wildman–Crippen MR) is 101 cm³/mol. The van der Waals surface area contributed by atoms with E-state index in [0.29, 0.717) is 37.8 Å². The van der Waals surface area contributed by atoms with Crippen LogP contribution in [0.1, 0.15) is 31.1 Å². The normalized spacial score (nSPS) is 17.0. The summed E-state index contributed by atoms with van der Waals surface area (Å²) in [6.07, 6.45) is -4.38. The smallest absolute Gasteiger partial charge is 0.369 e. The largest absolute Gasteiger partial charge is 0.405 e. The van der Waals surface area contributed by atoms with Crippen molar-refractivity contribution in [1.82, 2.24) is 15.5 Å². The second-order valence-electron chi connectivity index (χ2n) is 6.98. The number of halogens is 3. The van der Waals surface area contributed by atoms with Gasteiger partial charge in [-0.2, -0.15) is 13.2 Å². The van der Waals surface area contributed by atoms with Crippen LogP contribution in [0, 0.1) is 0 Å². The first-order valence-electron chi connectivity index (χ1n) is 9.40. The zero-order valence-corrected chi connectivity index (χ0v) is 16.1. The molecule has 1 heterocycles. The Balaban J connectivity index is 2.00. The van der Waals surface area contributed by atoms with Crippen LogP contribution in [0.3, 0.4) is 0 Å². The first-order chi connectivity index (χ1) is 12.7. The van der Waals surface area contributed by atoms with Crippen LogP contribution in [0.25, 0.3) is 0 Å². The molecule has 5 nitrogen and oxygen atoms in total. The average Bonchev–Trinajstić information content (AvgIpc) is 2.62. The average molecular weight is 386 g/mol. The van der Waals surface area contributed by atoms with Gasteiger partial charge in [0.2, 0.25) is 0 Å². The van der Waals surface area contributed by atoms with E-state index < -0.39 is 24.7 Å². The van der Waals surface area contributed by atoms with Crippen LogP contribution in [0.4, 0.5) is 18.9 Å². The van der Waals surface area contributed by atoms with Crippen molar-refractivity contribution in [3.05, 3.63) is 29.8 Å². The summed E-state index contributed by atoms with van der Waals surface area (Å²) in [5.41, 5.74) is 1.35. The Morgan fingerprint density at radius 2 is 1.81 bits per heavy atom. The maximum Gasteiger partial charge on any atom is 0.405 e. The summed E-state index contributed by atoms with van der Waals surface area (Å²) in [5.74, 6) is -0.487. The highest BCUT2D eigenvalue weighted by Gasteiger charge is 2.43. The standard InChI is InChI=1S/C19H29F3N4O/c1-4-26(14(2)3)16-7-5-15(6-8-16)18(27)24-13-17(19(20,21)22)25-11-9-23-10-12-25/h5-8,14,17,23H,4,9-13H2,1-3H3,(H,24,27). The van der Waals surface area contributed by atoms with Crippen molar-refractivity contribution < 1.29 is 18.0 Å². The number of carbonyl (C=O) groups excluding carboxylic acids is 1. The molecule has 1 unspecified atom stereocenters. The zero-order chi connectivity index (χ0) is 20.0. The Hall–Kier alpha value is -1.80. The molecule has 1 saturated heterocycles. The fourth-order valence-electron chi connectivity index (χ4n) is 3.39. The van der Waals surface area contributed by atoms with E-state index in [9.17, 15) is 18.0 Å². The summed E-state index contributed by atoms with van der Waals surface area (Å²) >= 11 is 0. The van der Waals surface area contributed by atoms with E-state index in [4.69, 9.17) is 0 Å². The maximum atomic E-state index is 13.4. The summed E-state index contributed by atoms with van der Waals surface area (Å²) in [4.78, 5) is 15.9. The highest BCUT2D eigenvalue weighted by molar-refractivity contribution is 5.94. The Labute approximate surface area is 158 Å². The van der Waals surface area contributed by atoms with E-state index in [2.05, 4.69) is 29.4 Å².